The van der Waals surface area contributed by atoms with E-state index in [0.717, 1.165) is 36.2 Å². The van der Waals surface area contributed by atoms with Crippen LogP contribution in [0.1, 0.15) is 19.3 Å². The summed E-state index contributed by atoms with van der Waals surface area (Å²) < 4.78 is 0.872. The molecule has 2 rings (SSSR count). The number of aromatic nitrogens is 2. The summed E-state index contributed by atoms with van der Waals surface area (Å²) in [4.78, 5) is 10.4. The lowest BCUT2D eigenvalue weighted by Gasteiger charge is -2.33. The number of nitrogens with zero attached hydrogens (tertiary/aromatic N) is 3. The molecule has 0 spiro atoms. The topological polar surface area (TPSA) is 75.3 Å². The Labute approximate surface area is 109 Å². The maximum atomic E-state index is 9.00. The Morgan fingerprint density at radius 2 is 2.41 bits per heavy atom. The number of nitrogens with two attached hydrogens (primary N) is 1. The molecule has 0 radical (unpaired) electrons. The summed E-state index contributed by atoms with van der Waals surface area (Å²) in [5, 5.41) is 9.00. The maximum Gasteiger partial charge on any atom is 0.222 e. The van der Waals surface area contributed by atoms with Crippen LogP contribution in [0.2, 0.25) is 0 Å². The monoisotopic (exact) mass is 300 g/mol. The fraction of sp³-hybridized carbons (Fsp3) is 0.636. The molecule has 0 aromatic carbocycles. The van der Waals surface area contributed by atoms with Crippen molar-refractivity contribution in [3.8, 4) is 0 Å². The van der Waals surface area contributed by atoms with Gasteiger partial charge in [-0.1, -0.05) is 0 Å². The van der Waals surface area contributed by atoms with Gasteiger partial charge in [0.25, 0.3) is 0 Å². The summed E-state index contributed by atoms with van der Waals surface area (Å²) >= 11 is 3.45. The van der Waals surface area contributed by atoms with Crippen molar-refractivity contribution in [3.05, 3.63) is 10.7 Å². The lowest BCUT2D eigenvalue weighted by Crippen LogP contribution is -2.36. The van der Waals surface area contributed by atoms with Gasteiger partial charge in [-0.3, -0.25) is 0 Å². The lowest BCUT2D eigenvalue weighted by atomic mass is 9.95. The van der Waals surface area contributed by atoms with E-state index in [-0.39, 0.29) is 6.61 Å². The first-order valence-electron chi connectivity index (χ1n) is 5.84. The van der Waals surface area contributed by atoms with Crippen LogP contribution in [0, 0.1) is 5.92 Å². The zero-order chi connectivity index (χ0) is 12.3. The third-order valence-electron chi connectivity index (χ3n) is 3.10. The summed E-state index contributed by atoms with van der Waals surface area (Å²) in [7, 11) is 0. The molecule has 17 heavy (non-hydrogen) atoms. The van der Waals surface area contributed by atoms with Crippen LogP contribution < -0.4 is 10.6 Å². The Kier molecular flexibility index (Phi) is 4.17. The van der Waals surface area contributed by atoms with Gasteiger partial charge >= 0.3 is 0 Å². The highest BCUT2D eigenvalue weighted by Crippen LogP contribution is 2.29. The van der Waals surface area contributed by atoms with Gasteiger partial charge in [0.2, 0.25) is 5.95 Å². The quantitative estimate of drug-likeness (QED) is 0.883. The van der Waals surface area contributed by atoms with Crippen molar-refractivity contribution in [2.24, 2.45) is 5.92 Å². The van der Waals surface area contributed by atoms with Crippen molar-refractivity contribution in [3.63, 3.8) is 0 Å². The van der Waals surface area contributed by atoms with Crippen molar-refractivity contribution in [1.82, 2.24) is 9.97 Å². The smallest absolute Gasteiger partial charge is 0.222 e. The average molecular weight is 301 g/mol. The molecule has 1 fully saturated rings. The van der Waals surface area contributed by atoms with Crippen molar-refractivity contribution < 1.29 is 5.11 Å². The molecule has 5 nitrogen and oxygen atoms in total. The van der Waals surface area contributed by atoms with Crippen LogP contribution in [0.5, 0.6) is 0 Å². The first-order valence-corrected chi connectivity index (χ1v) is 6.64. The van der Waals surface area contributed by atoms with E-state index in [2.05, 4.69) is 30.8 Å². The molecule has 0 bridgehead atoms. The number of anilines is 2. The van der Waals surface area contributed by atoms with Gasteiger partial charge in [0, 0.05) is 25.9 Å². The minimum absolute atomic E-state index is 0.256. The molecule has 94 valence electrons. The normalized spacial score (nSPS) is 20.6. The average Bonchev–Trinajstić information content (AvgIpc) is 2.33. The second-order valence-corrected chi connectivity index (χ2v) is 5.22. The van der Waals surface area contributed by atoms with Gasteiger partial charge in [-0.25, -0.2) is 4.98 Å². The molecule has 1 aromatic rings. The molecule has 6 heteroatoms. The lowest BCUT2D eigenvalue weighted by molar-refractivity contribution is 0.244. The Morgan fingerprint density at radius 1 is 1.59 bits per heavy atom. The number of halogens is 1. The van der Waals surface area contributed by atoms with Crippen LogP contribution in [0.25, 0.3) is 0 Å². The summed E-state index contributed by atoms with van der Waals surface area (Å²) in [6.07, 6.45) is 4.85. The number of hydrogen-bond acceptors (Lipinski definition) is 5. The van der Waals surface area contributed by atoms with Crippen molar-refractivity contribution in [2.45, 2.75) is 19.3 Å². The van der Waals surface area contributed by atoms with Crippen LogP contribution in [-0.4, -0.2) is 34.8 Å². The number of aliphatic hydroxyl groups excluding tert-OH is 1. The predicted octanol–water partition coefficient (Wildman–Crippen LogP) is 1.42. The van der Waals surface area contributed by atoms with E-state index in [4.69, 9.17) is 10.8 Å². The third kappa shape index (κ3) is 3.07. The Hall–Kier alpha value is -0.880. The molecule has 0 saturated carbocycles. The molecule has 2 heterocycles. The number of nitrogen functional groups attached to an aromatic ring is 1. The van der Waals surface area contributed by atoms with E-state index < -0.39 is 0 Å². The van der Waals surface area contributed by atoms with Crippen molar-refractivity contribution in [2.75, 3.05) is 30.3 Å². The standard InChI is InChI=1S/C11H17BrN4O/c12-9-6-14-11(13)15-10(9)16-4-1-2-8(7-16)3-5-17/h6,8,17H,1-5,7H2,(H2,13,14,15). The highest BCUT2D eigenvalue weighted by atomic mass is 79.9. The summed E-state index contributed by atoms with van der Waals surface area (Å²) in [6, 6.07) is 0. The molecular formula is C11H17BrN4O. The van der Waals surface area contributed by atoms with Gasteiger partial charge < -0.3 is 15.7 Å². The molecule has 0 aliphatic carbocycles. The van der Waals surface area contributed by atoms with Gasteiger partial charge in [-0.05, 0) is 41.1 Å². The second-order valence-electron chi connectivity index (χ2n) is 4.37. The van der Waals surface area contributed by atoms with E-state index in [0.29, 0.717) is 11.9 Å². The van der Waals surface area contributed by atoms with Gasteiger partial charge in [0.1, 0.15) is 5.82 Å². The zero-order valence-electron chi connectivity index (χ0n) is 9.64. The molecule has 3 N–H and O–H groups in total. The fourth-order valence-corrected chi connectivity index (χ4v) is 2.71. The van der Waals surface area contributed by atoms with Crippen molar-refractivity contribution >= 4 is 27.7 Å². The van der Waals surface area contributed by atoms with E-state index in [9.17, 15) is 0 Å². The fourth-order valence-electron chi connectivity index (χ4n) is 2.27. The number of rotatable bonds is 3. The molecular weight excluding hydrogens is 284 g/mol. The molecule has 1 atom stereocenters. The molecule has 1 unspecified atom stereocenters. The van der Waals surface area contributed by atoms with Gasteiger partial charge in [0.15, 0.2) is 0 Å². The number of hydrogen-bond donors (Lipinski definition) is 2. The molecule has 1 aliphatic rings. The van der Waals surface area contributed by atoms with Crippen LogP contribution in [0.3, 0.4) is 0 Å². The maximum absolute atomic E-state index is 9.00. The SMILES string of the molecule is Nc1ncc(Br)c(N2CCCC(CCO)C2)n1. The molecule has 0 amide bonds. The Bertz CT molecular complexity index is 386. The van der Waals surface area contributed by atoms with E-state index in [1.807, 2.05) is 0 Å². The first kappa shape index (κ1) is 12.6. The van der Waals surface area contributed by atoms with Crippen LogP contribution >= 0.6 is 15.9 Å². The van der Waals surface area contributed by atoms with E-state index in [1.54, 1.807) is 6.20 Å². The third-order valence-corrected chi connectivity index (χ3v) is 3.66. The largest absolute Gasteiger partial charge is 0.396 e. The van der Waals surface area contributed by atoms with Gasteiger partial charge in [-0.15, -0.1) is 0 Å². The van der Waals surface area contributed by atoms with Crippen molar-refractivity contribution in [1.29, 1.82) is 0 Å². The van der Waals surface area contributed by atoms with Crippen LogP contribution in [0.4, 0.5) is 11.8 Å². The van der Waals surface area contributed by atoms with Crippen LogP contribution in [0.15, 0.2) is 10.7 Å². The first-order chi connectivity index (χ1) is 8.20. The minimum Gasteiger partial charge on any atom is -0.396 e. The van der Waals surface area contributed by atoms with E-state index >= 15 is 0 Å². The highest BCUT2D eigenvalue weighted by molar-refractivity contribution is 9.10. The highest BCUT2D eigenvalue weighted by Gasteiger charge is 2.22. The Morgan fingerprint density at radius 3 is 3.18 bits per heavy atom. The molecule has 1 aromatic heterocycles. The second kappa shape index (κ2) is 5.64. The molecule has 1 aliphatic heterocycles. The summed E-state index contributed by atoms with van der Waals surface area (Å²) in [5.74, 6) is 1.70. The minimum atomic E-state index is 0.256. The van der Waals surface area contributed by atoms with Gasteiger partial charge in [0.05, 0.1) is 4.47 Å². The summed E-state index contributed by atoms with van der Waals surface area (Å²) in [5.41, 5.74) is 5.62. The van der Waals surface area contributed by atoms with Crippen LogP contribution in [-0.2, 0) is 0 Å². The zero-order valence-corrected chi connectivity index (χ0v) is 11.2. The van der Waals surface area contributed by atoms with E-state index in [1.165, 1.54) is 6.42 Å². The number of aliphatic hydroxyl groups is 1. The number of piperidine rings is 1. The Balaban J connectivity index is 2.13. The summed E-state index contributed by atoms with van der Waals surface area (Å²) in [6.45, 7) is 2.16. The predicted molar refractivity (Wildman–Crippen MR) is 70.8 cm³/mol. The van der Waals surface area contributed by atoms with Gasteiger partial charge in [-0.2, -0.15) is 4.98 Å². The molecule has 1 saturated heterocycles.